The third-order valence-electron chi connectivity index (χ3n) is 5.21. The van der Waals surface area contributed by atoms with Crippen LogP contribution in [0.15, 0.2) is 18.3 Å². The van der Waals surface area contributed by atoms with Crippen molar-refractivity contribution in [3.63, 3.8) is 0 Å². The molecule has 2 fully saturated rings. The molecule has 0 N–H and O–H groups in total. The number of anilines is 1. The van der Waals surface area contributed by atoms with Crippen LogP contribution < -0.4 is 4.90 Å². The van der Waals surface area contributed by atoms with Crippen molar-refractivity contribution in [1.82, 2.24) is 9.88 Å². The molecule has 0 unspecified atom stereocenters. The third kappa shape index (κ3) is 3.81. The zero-order valence-corrected chi connectivity index (χ0v) is 14.1. The summed E-state index contributed by atoms with van der Waals surface area (Å²) in [5.74, 6) is 1.18. The Balaban J connectivity index is 1.69. The summed E-state index contributed by atoms with van der Waals surface area (Å²) in [6.07, 6.45) is 12.8. The SMILES string of the molecule is CCCN1CCCC[C@H]1c1ccc(N2CCCCCC2)nc1. The van der Waals surface area contributed by atoms with Gasteiger partial charge in [-0.1, -0.05) is 32.3 Å². The number of hydrogen-bond donors (Lipinski definition) is 0. The van der Waals surface area contributed by atoms with E-state index in [0.29, 0.717) is 6.04 Å². The number of hydrogen-bond acceptors (Lipinski definition) is 3. The number of rotatable bonds is 4. The van der Waals surface area contributed by atoms with Gasteiger partial charge in [0.2, 0.25) is 0 Å². The van der Waals surface area contributed by atoms with Gasteiger partial charge in [0.15, 0.2) is 0 Å². The van der Waals surface area contributed by atoms with Gasteiger partial charge in [0.05, 0.1) is 0 Å². The Hall–Kier alpha value is -1.09. The van der Waals surface area contributed by atoms with E-state index in [0.717, 1.165) is 0 Å². The Morgan fingerprint density at radius 3 is 2.45 bits per heavy atom. The topological polar surface area (TPSA) is 19.4 Å². The van der Waals surface area contributed by atoms with Crippen molar-refractivity contribution in [3.8, 4) is 0 Å². The third-order valence-corrected chi connectivity index (χ3v) is 5.21. The Morgan fingerprint density at radius 2 is 1.77 bits per heavy atom. The average Bonchev–Trinajstić information content (AvgIpc) is 2.85. The molecule has 2 saturated heterocycles. The van der Waals surface area contributed by atoms with Gasteiger partial charge in [-0.3, -0.25) is 4.90 Å². The van der Waals surface area contributed by atoms with Gasteiger partial charge in [0, 0.05) is 25.3 Å². The second-order valence-corrected chi connectivity index (χ2v) is 6.90. The van der Waals surface area contributed by atoms with Gasteiger partial charge in [-0.15, -0.1) is 0 Å². The molecule has 0 aliphatic carbocycles. The van der Waals surface area contributed by atoms with E-state index >= 15 is 0 Å². The summed E-state index contributed by atoms with van der Waals surface area (Å²) in [4.78, 5) is 9.95. The molecule has 0 amide bonds. The lowest BCUT2D eigenvalue weighted by atomic mass is 9.96. The highest BCUT2D eigenvalue weighted by Crippen LogP contribution is 2.31. The minimum atomic E-state index is 0.597. The smallest absolute Gasteiger partial charge is 0.128 e. The molecule has 2 aliphatic heterocycles. The van der Waals surface area contributed by atoms with Gasteiger partial charge in [0.25, 0.3) is 0 Å². The predicted octanol–water partition coefficient (Wildman–Crippen LogP) is 4.40. The lowest BCUT2D eigenvalue weighted by Crippen LogP contribution is -2.34. The lowest BCUT2D eigenvalue weighted by molar-refractivity contribution is 0.149. The average molecular weight is 301 g/mol. The zero-order chi connectivity index (χ0) is 15.2. The van der Waals surface area contributed by atoms with Crippen LogP contribution in [0.3, 0.4) is 0 Å². The van der Waals surface area contributed by atoms with Gasteiger partial charge >= 0.3 is 0 Å². The van der Waals surface area contributed by atoms with Crippen molar-refractivity contribution in [2.24, 2.45) is 0 Å². The van der Waals surface area contributed by atoms with Crippen molar-refractivity contribution in [2.75, 3.05) is 31.1 Å². The van der Waals surface area contributed by atoms with Crippen molar-refractivity contribution < 1.29 is 0 Å². The van der Waals surface area contributed by atoms with E-state index in [4.69, 9.17) is 4.98 Å². The van der Waals surface area contributed by atoms with Gasteiger partial charge in [-0.25, -0.2) is 4.98 Å². The molecule has 3 heteroatoms. The highest BCUT2D eigenvalue weighted by atomic mass is 15.2. The van der Waals surface area contributed by atoms with Crippen molar-refractivity contribution in [2.45, 2.75) is 64.3 Å². The van der Waals surface area contributed by atoms with Crippen LogP contribution in [0.1, 0.15) is 69.9 Å². The maximum absolute atomic E-state index is 4.81. The Morgan fingerprint density at radius 1 is 1.00 bits per heavy atom. The Bertz CT molecular complexity index is 432. The number of pyridine rings is 1. The minimum absolute atomic E-state index is 0.597. The predicted molar refractivity (Wildman–Crippen MR) is 93.4 cm³/mol. The molecule has 3 rings (SSSR count). The van der Waals surface area contributed by atoms with E-state index < -0.39 is 0 Å². The summed E-state index contributed by atoms with van der Waals surface area (Å²) in [6.45, 7) is 7.12. The van der Waals surface area contributed by atoms with Gasteiger partial charge < -0.3 is 4.90 Å². The molecule has 3 nitrogen and oxygen atoms in total. The number of likely N-dealkylation sites (tertiary alicyclic amines) is 1. The fourth-order valence-corrected chi connectivity index (χ4v) is 4.00. The molecule has 122 valence electrons. The van der Waals surface area contributed by atoms with Crippen molar-refractivity contribution in [3.05, 3.63) is 23.9 Å². The highest BCUT2D eigenvalue weighted by molar-refractivity contribution is 5.40. The summed E-state index contributed by atoms with van der Waals surface area (Å²) in [6, 6.07) is 5.20. The lowest BCUT2D eigenvalue weighted by Gasteiger charge is -2.35. The quantitative estimate of drug-likeness (QED) is 0.821. The number of piperidine rings is 1. The summed E-state index contributed by atoms with van der Waals surface area (Å²) in [7, 11) is 0. The number of nitrogens with zero attached hydrogens (tertiary/aromatic N) is 3. The van der Waals surface area contributed by atoms with Crippen LogP contribution in [-0.2, 0) is 0 Å². The van der Waals surface area contributed by atoms with Gasteiger partial charge in [0.1, 0.15) is 5.82 Å². The molecule has 1 aromatic heterocycles. The number of aromatic nitrogens is 1. The normalized spacial score (nSPS) is 24.2. The molecule has 0 aromatic carbocycles. The van der Waals surface area contributed by atoms with E-state index in [1.807, 2.05) is 0 Å². The standard InChI is InChI=1S/C19H31N3/c1-2-12-21-13-8-5-9-18(21)17-10-11-19(20-16-17)22-14-6-3-4-7-15-22/h10-11,16,18H,2-9,12-15H2,1H3/t18-/m0/s1. The summed E-state index contributed by atoms with van der Waals surface area (Å²) in [5, 5.41) is 0. The van der Waals surface area contributed by atoms with Gasteiger partial charge in [-0.2, -0.15) is 0 Å². The molecule has 0 bridgehead atoms. The molecule has 3 heterocycles. The van der Waals surface area contributed by atoms with Gasteiger partial charge in [-0.05, 0) is 56.8 Å². The molecule has 1 atom stereocenters. The van der Waals surface area contributed by atoms with Crippen LogP contribution in [0.4, 0.5) is 5.82 Å². The van der Waals surface area contributed by atoms with Crippen LogP contribution in [0, 0.1) is 0 Å². The molecule has 0 spiro atoms. The first-order chi connectivity index (χ1) is 10.9. The minimum Gasteiger partial charge on any atom is -0.357 e. The second kappa shape index (κ2) is 7.96. The largest absolute Gasteiger partial charge is 0.357 e. The first kappa shape index (κ1) is 15.8. The molecular formula is C19H31N3. The Labute approximate surface area is 135 Å². The fraction of sp³-hybridized carbons (Fsp3) is 0.737. The van der Waals surface area contributed by atoms with E-state index in [-0.39, 0.29) is 0 Å². The highest BCUT2D eigenvalue weighted by Gasteiger charge is 2.23. The summed E-state index contributed by atoms with van der Waals surface area (Å²) < 4.78 is 0. The maximum Gasteiger partial charge on any atom is 0.128 e. The van der Waals surface area contributed by atoms with Crippen LogP contribution >= 0.6 is 0 Å². The molecular weight excluding hydrogens is 270 g/mol. The van der Waals surface area contributed by atoms with E-state index in [2.05, 4.69) is 35.1 Å². The molecule has 1 aromatic rings. The maximum atomic E-state index is 4.81. The summed E-state index contributed by atoms with van der Waals surface area (Å²) in [5.41, 5.74) is 1.42. The first-order valence-corrected chi connectivity index (χ1v) is 9.33. The van der Waals surface area contributed by atoms with E-state index in [1.54, 1.807) is 0 Å². The van der Waals surface area contributed by atoms with E-state index in [9.17, 15) is 0 Å². The summed E-state index contributed by atoms with van der Waals surface area (Å²) >= 11 is 0. The van der Waals surface area contributed by atoms with Crippen LogP contribution in [-0.4, -0.2) is 36.1 Å². The Kier molecular flexibility index (Phi) is 5.71. The van der Waals surface area contributed by atoms with Crippen LogP contribution in [0.5, 0.6) is 0 Å². The van der Waals surface area contributed by atoms with Crippen molar-refractivity contribution in [1.29, 1.82) is 0 Å². The molecule has 2 aliphatic rings. The van der Waals surface area contributed by atoms with Crippen LogP contribution in [0.2, 0.25) is 0 Å². The molecule has 0 radical (unpaired) electrons. The monoisotopic (exact) mass is 301 g/mol. The molecule has 22 heavy (non-hydrogen) atoms. The fourth-order valence-electron chi connectivity index (χ4n) is 4.00. The zero-order valence-electron chi connectivity index (χ0n) is 14.1. The van der Waals surface area contributed by atoms with Crippen LogP contribution in [0.25, 0.3) is 0 Å². The second-order valence-electron chi connectivity index (χ2n) is 6.90. The first-order valence-electron chi connectivity index (χ1n) is 9.33. The van der Waals surface area contributed by atoms with E-state index in [1.165, 1.54) is 88.9 Å². The van der Waals surface area contributed by atoms with Crippen molar-refractivity contribution >= 4 is 5.82 Å². The molecule has 0 saturated carbocycles.